The third kappa shape index (κ3) is 4.75. The number of benzene rings is 2. The van der Waals surface area contributed by atoms with Crippen molar-refractivity contribution in [2.75, 3.05) is 20.8 Å². The molecule has 0 atom stereocenters. The molecule has 0 saturated carbocycles. The van der Waals surface area contributed by atoms with Crippen molar-refractivity contribution in [1.29, 1.82) is 0 Å². The maximum atomic E-state index is 5.40. The maximum Gasteiger partial charge on any atom is 0.122 e. The fraction of sp³-hybridized carbons (Fsp3) is 0.333. The van der Waals surface area contributed by atoms with Crippen LogP contribution in [-0.4, -0.2) is 20.8 Å². The average molecular weight is 364 g/mol. The van der Waals surface area contributed by atoms with Crippen LogP contribution in [0.5, 0.6) is 11.5 Å². The predicted molar refractivity (Wildman–Crippen MR) is 93.8 cm³/mol. The van der Waals surface area contributed by atoms with Crippen LogP contribution in [-0.2, 0) is 13.0 Å². The summed E-state index contributed by atoms with van der Waals surface area (Å²) in [6.07, 6.45) is 0.896. The Morgan fingerprint density at radius 3 is 2.55 bits per heavy atom. The molecule has 1 N–H and O–H groups in total. The van der Waals surface area contributed by atoms with Gasteiger partial charge in [-0.3, -0.25) is 0 Å². The van der Waals surface area contributed by atoms with Gasteiger partial charge in [0.15, 0.2) is 0 Å². The Bertz CT molecular complexity index is 608. The van der Waals surface area contributed by atoms with Gasteiger partial charge in [0.25, 0.3) is 0 Å². The second kappa shape index (κ2) is 8.20. The SMILES string of the molecule is COc1ccc(OC)c(CCNCc2cc(C)cc(Br)c2)c1. The average Bonchev–Trinajstić information content (AvgIpc) is 2.50. The Labute approximate surface area is 140 Å². The lowest BCUT2D eigenvalue weighted by molar-refractivity contribution is 0.398. The Morgan fingerprint density at radius 1 is 1.05 bits per heavy atom. The highest BCUT2D eigenvalue weighted by atomic mass is 79.9. The number of rotatable bonds is 7. The summed E-state index contributed by atoms with van der Waals surface area (Å²) in [4.78, 5) is 0. The third-order valence-corrected chi connectivity index (χ3v) is 3.95. The van der Waals surface area contributed by atoms with Gasteiger partial charge in [-0.2, -0.15) is 0 Å². The Balaban J connectivity index is 1.90. The van der Waals surface area contributed by atoms with Crippen molar-refractivity contribution >= 4 is 15.9 Å². The maximum absolute atomic E-state index is 5.40. The number of hydrogen-bond acceptors (Lipinski definition) is 3. The molecule has 4 heteroatoms. The van der Waals surface area contributed by atoms with E-state index in [-0.39, 0.29) is 0 Å². The van der Waals surface area contributed by atoms with Crippen LogP contribution in [0.15, 0.2) is 40.9 Å². The smallest absolute Gasteiger partial charge is 0.122 e. The molecule has 22 heavy (non-hydrogen) atoms. The van der Waals surface area contributed by atoms with Gasteiger partial charge in [0.1, 0.15) is 11.5 Å². The van der Waals surface area contributed by atoms with E-state index in [1.165, 1.54) is 11.1 Å². The Hall–Kier alpha value is -1.52. The first-order valence-electron chi connectivity index (χ1n) is 7.30. The highest BCUT2D eigenvalue weighted by Crippen LogP contribution is 2.24. The van der Waals surface area contributed by atoms with E-state index in [2.05, 4.69) is 46.4 Å². The minimum absolute atomic E-state index is 0.854. The summed E-state index contributed by atoms with van der Waals surface area (Å²) in [6, 6.07) is 12.4. The molecule has 3 nitrogen and oxygen atoms in total. The molecular formula is C18H22BrNO2. The number of halogens is 1. The summed E-state index contributed by atoms with van der Waals surface area (Å²) in [6.45, 7) is 3.84. The molecule has 2 aromatic carbocycles. The van der Waals surface area contributed by atoms with Crippen molar-refractivity contribution in [1.82, 2.24) is 5.32 Å². The first kappa shape index (κ1) is 16.8. The second-order valence-corrected chi connectivity index (χ2v) is 6.16. The van der Waals surface area contributed by atoms with Crippen LogP contribution in [0.4, 0.5) is 0 Å². The van der Waals surface area contributed by atoms with Gasteiger partial charge in [0, 0.05) is 11.0 Å². The first-order valence-corrected chi connectivity index (χ1v) is 8.09. The zero-order valence-electron chi connectivity index (χ0n) is 13.3. The highest BCUT2D eigenvalue weighted by Gasteiger charge is 2.05. The van der Waals surface area contributed by atoms with E-state index in [9.17, 15) is 0 Å². The van der Waals surface area contributed by atoms with Crippen LogP contribution >= 0.6 is 15.9 Å². The topological polar surface area (TPSA) is 30.5 Å². The number of ether oxygens (including phenoxy) is 2. The summed E-state index contributed by atoms with van der Waals surface area (Å²) in [7, 11) is 3.38. The van der Waals surface area contributed by atoms with Crippen molar-refractivity contribution in [3.05, 3.63) is 57.6 Å². The molecule has 118 valence electrons. The number of hydrogen-bond donors (Lipinski definition) is 1. The fourth-order valence-electron chi connectivity index (χ4n) is 2.45. The molecule has 0 aliphatic carbocycles. The van der Waals surface area contributed by atoms with Crippen LogP contribution < -0.4 is 14.8 Å². The molecule has 0 aliphatic rings. The lowest BCUT2D eigenvalue weighted by Crippen LogP contribution is -2.17. The molecule has 0 radical (unpaired) electrons. The van der Waals surface area contributed by atoms with Gasteiger partial charge in [-0.1, -0.05) is 22.0 Å². The first-order chi connectivity index (χ1) is 10.6. The van der Waals surface area contributed by atoms with Gasteiger partial charge in [0.2, 0.25) is 0 Å². The molecule has 0 amide bonds. The van der Waals surface area contributed by atoms with Gasteiger partial charge in [-0.25, -0.2) is 0 Å². The van der Waals surface area contributed by atoms with Crippen molar-refractivity contribution < 1.29 is 9.47 Å². The van der Waals surface area contributed by atoms with E-state index >= 15 is 0 Å². The van der Waals surface area contributed by atoms with Crippen LogP contribution in [0.25, 0.3) is 0 Å². The molecule has 0 bridgehead atoms. The van der Waals surface area contributed by atoms with Crippen molar-refractivity contribution in [3.63, 3.8) is 0 Å². The van der Waals surface area contributed by atoms with Crippen molar-refractivity contribution in [3.8, 4) is 11.5 Å². The van der Waals surface area contributed by atoms with E-state index in [0.717, 1.165) is 41.0 Å². The van der Waals surface area contributed by atoms with E-state index in [1.807, 2.05) is 18.2 Å². The van der Waals surface area contributed by atoms with Gasteiger partial charge < -0.3 is 14.8 Å². The van der Waals surface area contributed by atoms with Gasteiger partial charge in [-0.15, -0.1) is 0 Å². The summed E-state index contributed by atoms with van der Waals surface area (Å²) >= 11 is 3.54. The lowest BCUT2D eigenvalue weighted by atomic mass is 10.1. The number of aryl methyl sites for hydroxylation is 1. The normalized spacial score (nSPS) is 10.5. The monoisotopic (exact) mass is 363 g/mol. The van der Waals surface area contributed by atoms with Gasteiger partial charge >= 0.3 is 0 Å². The third-order valence-electron chi connectivity index (χ3n) is 3.49. The summed E-state index contributed by atoms with van der Waals surface area (Å²) in [5.74, 6) is 1.76. The molecule has 0 unspecified atom stereocenters. The van der Waals surface area contributed by atoms with Crippen molar-refractivity contribution in [2.24, 2.45) is 0 Å². The summed E-state index contributed by atoms with van der Waals surface area (Å²) in [5, 5.41) is 3.48. The molecule has 0 aliphatic heterocycles. The molecule has 2 aromatic rings. The number of nitrogens with one attached hydrogen (secondary N) is 1. The zero-order valence-corrected chi connectivity index (χ0v) is 14.9. The van der Waals surface area contributed by atoms with E-state index in [1.54, 1.807) is 14.2 Å². The van der Waals surface area contributed by atoms with E-state index < -0.39 is 0 Å². The molecular weight excluding hydrogens is 342 g/mol. The lowest BCUT2D eigenvalue weighted by Gasteiger charge is -2.11. The van der Waals surface area contributed by atoms with Gasteiger partial charge in [-0.05, 0) is 66.9 Å². The molecule has 0 heterocycles. The fourth-order valence-corrected chi connectivity index (χ4v) is 3.10. The summed E-state index contributed by atoms with van der Waals surface area (Å²) < 4.78 is 11.8. The molecule has 0 fully saturated rings. The Morgan fingerprint density at radius 2 is 1.86 bits per heavy atom. The standard InChI is InChI=1S/C18H22BrNO2/c1-13-8-14(10-16(19)9-13)12-20-7-6-15-11-17(21-2)4-5-18(15)22-3/h4-5,8-11,20H,6-7,12H2,1-3H3. The molecule has 0 saturated heterocycles. The predicted octanol–water partition coefficient (Wildman–Crippen LogP) is 4.11. The number of methoxy groups -OCH3 is 2. The van der Waals surface area contributed by atoms with Crippen LogP contribution in [0.1, 0.15) is 16.7 Å². The molecule has 2 rings (SSSR count). The van der Waals surface area contributed by atoms with Gasteiger partial charge in [0.05, 0.1) is 14.2 Å². The minimum atomic E-state index is 0.854. The van der Waals surface area contributed by atoms with Crippen molar-refractivity contribution in [2.45, 2.75) is 19.9 Å². The quantitative estimate of drug-likeness (QED) is 0.751. The van der Waals surface area contributed by atoms with Crippen LogP contribution in [0, 0.1) is 6.92 Å². The minimum Gasteiger partial charge on any atom is -0.497 e. The zero-order chi connectivity index (χ0) is 15.9. The van der Waals surface area contributed by atoms with E-state index in [4.69, 9.17) is 9.47 Å². The second-order valence-electron chi connectivity index (χ2n) is 5.24. The highest BCUT2D eigenvalue weighted by molar-refractivity contribution is 9.10. The van der Waals surface area contributed by atoms with Crippen LogP contribution in [0.2, 0.25) is 0 Å². The van der Waals surface area contributed by atoms with E-state index in [0.29, 0.717) is 0 Å². The molecule has 0 spiro atoms. The molecule has 0 aromatic heterocycles. The van der Waals surface area contributed by atoms with Crippen LogP contribution in [0.3, 0.4) is 0 Å². The summed E-state index contributed by atoms with van der Waals surface area (Å²) in [5.41, 5.74) is 3.70. The Kier molecular flexibility index (Phi) is 6.28. The largest absolute Gasteiger partial charge is 0.497 e.